The van der Waals surface area contributed by atoms with Gasteiger partial charge in [0, 0.05) is 11.1 Å². The molecule has 3 rings (SSSR count). The molecule has 4 heteroatoms. The molecule has 0 atom stereocenters. The molecule has 26 heavy (non-hydrogen) atoms. The Balaban J connectivity index is 2.18. The molecule has 0 unspecified atom stereocenters. The molecule has 0 N–H and O–H groups in total. The van der Waals surface area contributed by atoms with Crippen LogP contribution in [0.5, 0.6) is 11.5 Å². The Labute approximate surface area is 154 Å². The topological polar surface area (TPSA) is 44.2 Å². The van der Waals surface area contributed by atoms with Crippen LogP contribution in [-0.4, -0.2) is 24.2 Å². The molecule has 2 aromatic carbocycles. The SMILES string of the molecule is CCc1nc(-c2ccc(OC)cc2)c(-c2ccc(OC)cc2)nc1CC. The summed E-state index contributed by atoms with van der Waals surface area (Å²) in [5.74, 6) is 1.65. The molecule has 0 aliphatic carbocycles. The molecule has 0 bridgehead atoms. The third kappa shape index (κ3) is 3.54. The van der Waals surface area contributed by atoms with E-state index in [-0.39, 0.29) is 0 Å². The van der Waals surface area contributed by atoms with Crippen LogP contribution < -0.4 is 9.47 Å². The van der Waals surface area contributed by atoms with Crippen LogP contribution in [0.4, 0.5) is 0 Å². The molecule has 4 nitrogen and oxygen atoms in total. The molecule has 0 aliphatic heterocycles. The summed E-state index contributed by atoms with van der Waals surface area (Å²) in [6.07, 6.45) is 1.73. The minimum atomic E-state index is 0.827. The fraction of sp³-hybridized carbons (Fsp3) is 0.273. The van der Waals surface area contributed by atoms with Gasteiger partial charge in [0.2, 0.25) is 0 Å². The molecule has 0 radical (unpaired) electrons. The van der Waals surface area contributed by atoms with Gasteiger partial charge in [-0.15, -0.1) is 0 Å². The zero-order chi connectivity index (χ0) is 18.5. The molecular weight excluding hydrogens is 324 g/mol. The summed E-state index contributed by atoms with van der Waals surface area (Å²) < 4.78 is 10.6. The lowest BCUT2D eigenvalue weighted by atomic mass is 10.0. The zero-order valence-corrected chi connectivity index (χ0v) is 15.7. The van der Waals surface area contributed by atoms with Crippen LogP contribution in [0.2, 0.25) is 0 Å². The van der Waals surface area contributed by atoms with Gasteiger partial charge in [0.05, 0.1) is 37.0 Å². The second-order valence-electron chi connectivity index (χ2n) is 5.98. The highest BCUT2D eigenvalue weighted by Crippen LogP contribution is 2.32. The van der Waals surface area contributed by atoms with E-state index in [4.69, 9.17) is 19.4 Å². The number of ether oxygens (including phenoxy) is 2. The number of hydrogen-bond acceptors (Lipinski definition) is 4. The zero-order valence-electron chi connectivity index (χ0n) is 15.7. The molecule has 134 valence electrons. The summed E-state index contributed by atoms with van der Waals surface area (Å²) in [4.78, 5) is 9.94. The maximum absolute atomic E-state index is 5.28. The Bertz CT molecular complexity index is 797. The molecule has 1 heterocycles. The first-order valence-electron chi connectivity index (χ1n) is 8.88. The monoisotopic (exact) mass is 348 g/mol. The summed E-state index contributed by atoms with van der Waals surface area (Å²) in [5, 5.41) is 0. The number of hydrogen-bond donors (Lipinski definition) is 0. The summed E-state index contributed by atoms with van der Waals surface area (Å²) >= 11 is 0. The Hall–Kier alpha value is -2.88. The van der Waals surface area contributed by atoms with Crippen molar-refractivity contribution in [2.75, 3.05) is 14.2 Å². The smallest absolute Gasteiger partial charge is 0.118 e. The number of aromatic nitrogens is 2. The maximum Gasteiger partial charge on any atom is 0.118 e. The van der Waals surface area contributed by atoms with Gasteiger partial charge in [0.25, 0.3) is 0 Å². The first kappa shape index (κ1) is 17.9. The van der Waals surface area contributed by atoms with Crippen molar-refractivity contribution < 1.29 is 9.47 Å². The average Bonchev–Trinajstić information content (AvgIpc) is 2.73. The van der Waals surface area contributed by atoms with Crippen molar-refractivity contribution in [1.29, 1.82) is 0 Å². The van der Waals surface area contributed by atoms with Crippen LogP contribution >= 0.6 is 0 Å². The fourth-order valence-corrected chi connectivity index (χ4v) is 2.97. The lowest BCUT2D eigenvalue weighted by molar-refractivity contribution is 0.414. The highest BCUT2D eigenvalue weighted by Gasteiger charge is 2.15. The number of benzene rings is 2. The number of methoxy groups -OCH3 is 2. The molecule has 0 aliphatic rings. The summed E-state index contributed by atoms with van der Waals surface area (Å²) in [6, 6.07) is 15.9. The highest BCUT2D eigenvalue weighted by atomic mass is 16.5. The average molecular weight is 348 g/mol. The van der Waals surface area contributed by atoms with Crippen LogP contribution in [0.25, 0.3) is 22.5 Å². The van der Waals surface area contributed by atoms with Gasteiger partial charge in [-0.2, -0.15) is 0 Å². The second-order valence-corrected chi connectivity index (χ2v) is 5.98. The van der Waals surface area contributed by atoms with Gasteiger partial charge in [-0.1, -0.05) is 13.8 Å². The first-order valence-corrected chi connectivity index (χ1v) is 8.88. The molecular formula is C22H24N2O2. The van der Waals surface area contributed by atoms with Crippen molar-refractivity contribution in [3.8, 4) is 34.0 Å². The van der Waals surface area contributed by atoms with Crippen molar-refractivity contribution in [2.45, 2.75) is 26.7 Å². The molecule has 0 spiro atoms. The molecule has 0 fully saturated rings. The molecule has 3 aromatic rings. The first-order chi connectivity index (χ1) is 12.7. The maximum atomic E-state index is 5.28. The Morgan fingerprint density at radius 1 is 0.615 bits per heavy atom. The number of aryl methyl sites for hydroxylation is 2. The quantitative estimate of drug-likeness (QED) is 0.632. The van der Waals surface area contributed by atoms with E-state index >= 15 is 0 Å². The summed E-state index contributed by atoms with van der Waals surface area (Å²) in [7, 11) is 3.34. The molecule has 0 saturated heterocycles. The van der Waals surface area contributed by atoms with E-state index in [1.54, 1.807) is 14.2 Å². The number of nitrogens with zero attached hydrogens (tertiary/aromatic N) is 2. The normalized spacial score (nSPS) is 10.6. The molecule has 0 amide bonds. The van der Waals surface area contributed by atoms with Gasteiger partial charge in [-0.05, 0) is 61.4 Å². The van der Waals surface area contributed by atoms with E-state index in [9.17, 15) is 0 Å². The number of rotatable bonds is 6. The predicted molar refractivity (Wildman–Crippen MR) is 105 cm³/mol. The van der Waals surface area contributed by atoms with Crippen molar-refractivity contribution in [1.82, 2.24) is 9.97 Å². The Kier molecular flexibility index (Phi) is 5.52. The lowest BCUT2D eigenvalue weighted by Crippen LogP contribution is -2.04. The highest BCUT2D eigenvalue weighted by molar-refractivity contribution is 5.78. The minimum absolute atomic E-state index is 0.827. The molecule has 1 aromatic heterocycles. The second kappa shape index (κ2) is 8.00. The van der Waals surface area contributed by atoms with E-state index in [0.717, 1.165) is 58.2 Å². The summed E-state index contributed by atoms with van der Waals surface area (Å²) in [6.45, 7) is 4.24. The van der Waals surface area contributed by atoms with Gasteiger partial charge < -0.3 is 9.47 Å². The third-order valence-electron chi connectivity index (χ3n) is 4.45. The van der Waals surface area contributed by atoms with Gasteiger partial charge >= 0.3 is 0 Å². The van der Waals surface area contributed by atoms with Gasteiger partial charge in [-0.25, -0.2) is 9.97 Å². The van der Waals surface area contributed by atoms with E-state index in [1.165, 1.54) is 0 Å². The van der Waals surface area contributed by atoms with Crippen LogP contribution in [0.1, 0.15) is 25.2 Å². The van der Waals surface area contributed by atoms with Crippen molar-refractivity contribution in [3.05, 3.63) is 59.9 Å². The van der Waals surface area contributed by atoms with Gasteiger partial charge in [0.1, 0.15) is 11.5 Å². The van der Waals surface area contributed by atoms with E-state index in [0.29, 0.717) is 0 Å². The van der Waals surface area contributed by atoms with E-state index in [2.05, 4.69) is 13.8 Å². The van der Waals surface area contributed by atoms with Crippen LogP contribution in [-0.2, 0) is 12.8 Å². The Morgan fingerprint density at radius 2 is 0.962 bits per heavy atom. The van der Waals surface area contributed by atoms with Crippen molar-refractivity contribution in [3.63, 3.8) is 0 Å². The van der Waals surface area contributed by atoms with Crippen LogP contribution in [0.15, 0.2) is 48.5 Å². The molecule has 0 saturated carbocycles. The van der Waals surface area contributed by atoms with Crippen LogP contribution in [0.3, 0.4) is 0 Å². The standard InChI is InChI=1S/C22H24N2O2/c1-5-19-20(6-2)24-22(16-9-13-18(26-4)14-10-16)21(23-19)15-7-11-17(25-3)12-8-15/h7-14H,5-6H2,1-4H3. The van der Waals surface area contributed by atoms with Gasteiger partial charge in [0.15, 0.2) is 0 Å². The fourth-order valence-electron chi connectivity index (χ4n) is 2.97. The van der Waals surface area contributed by atoms with E-state index in [1.807, 2.05) is 48.5 Å². The predicted octanol–water partition coefficient (Wildman–Crippen LogP) is 4.95. The van der Waals surface area contributed by atoms with Crippen molar-refractivity contribution >= 4 is 0 Å². The minimum Gasteiger partial charge on any atom is -0.497 e. The third-order valence-corrected chi connectivity index (χ3v) is 4.45. The Morgan fingerprint density at radius 3 is 1.23 bits per heavy atom. The largest absolute Gasteiger partial charge is 0.497 e. The van der Waals surface area contributed by atoms with E-state index < -0.39 is 0 Å². The lowest BCUT2D eigenvalue weighted by Gasteiger charge is -2.14. The van der Waals surface area contributed by atoms with Crippen LogP contribution in [0, 0.1) is 0 Å². The van der Waals surface area contributed by atoms with Crippen molar-refractivity contribution in [2.24, 2.45) is 0 Å². The summed E-state index contributed by atoms with van der Waals surface area (Å²) in [5.41, 5.74) is 5.95. The van der Waals surface area contributed by atoms with Gasteiger partial charge in [-0.3, -0.25) is 0 Å².